The normalized spacial score (nSPS) is 11.2. The average molecular weight is 269 g/mol. The van der Waals surface area contributed by atoms with Crippen molar-refractivity contribution in [2.45, 2.75) is 13.1 Å². The van der Waals surface area contributed by atoms with E-state index in [0.29, 0.717) is 0 Å². The van der Waals surface area contributed by atoms with Crippen LogP contribution in [0.15, 0.2) is 0 Å². The van der Waals surface area contributed by atoms with Crippen molar-refractivity contribution in [2.24, 2.45) is 0 Å². The number of hydrogen-bond acceptors (Lipinski definition) is 3. The number of rotatable bonds is 6. The predicted molar refractivity (Wildman–Crippen MR) is 59.9 cm³/mol. The third-order valence-corrected chi connectivity index (χ3v) is 2.16. The van der Waals surface area contributed by atoms with Crippen LogP contribution in [0.3, 0.4) is 0 Å². The van der Waals surface area contributed by atoms with E-state index in [-0.39, 0.29) is 19.0 Å². The Morgan fingerprint density at radius 2 is 1.72 bits per heavy atom. The molecule has 2 amide bonds. The van der Waals surface area contributed by atoms with Crippen molar-refractivity contribution in [1.82, 2.24) is 15.1 Å². The zero-order chi connectivity index (χ0) is 14.3. The van der Waals surface area contributed by atoms with E-state index in [1.54, 1.807) is 21.0 Å². The van der Waals surface area contributed by atoms with Crippen LogP contribution in [0.25, 0.3) is 0 Å². The zero-order valence-electron chi connectivity index (χ0n) is 10.7. The number of nitrogens with zero attached hydrogens (tertiary/aromatic N) is 2. The summed E-state index contributed by atoms with van der Waals surface area (Å²) in [6.45, 7) is 0.138. The molecule has 5 nitrogen and oxygen atoms in total. The van der Waals surface area contributed by atoms with Gasteiger partial charge in [-0.25, -0.2) is 0 Å². The van der Waals surface area contributed by atoms with Crippen LogP contribution >= 0.6 is 0 Å². The summed E-state index contributed by atoms with van der Waals surface area (Å²) in [5.74, 6) is -0.807. The second-order valence-electron chi connectivity index (χ2n) is 3.91. The van der Waals surface area contributed by atoms with E-state index in [0.717, 1.165) is 0 Å². The van der Waals surface area contributed by atoms with Gasteiger partial charge in [0.1, 0.15) is 0 Å². The zero-order valence-corrected chi connectivity index (χ0v) is 10.7. The van der Waals surface area contributed by atoms with E-state index in [1.165, 1.54) is 9.80 Å². The van der Waals surface area contributed by atoms with Gasteiger partial charge in [0, 0.05) is 20.6 Å². The van der Waals surface area contributed by atoms with Crippen molar-refractivity contribution < 1.29 is 22.8 Å². The number of carbonyl (C=O) groups excluding carboxylic acids is 2. The molecule has 0 aliphatic heterocycles. The van der Waals surface area contributed by atoms with E-state index in [2.05, 4.69) is 0 Å². The molecule has 0 aromatic carbocycles. The minimum atomic E-state index is -4.35. The Balaban J connectivity index is 4.16. The van der Waals surface area contributed by atoms with Gasteiger partial charge in [-0.3, -0.25) is 9.59 Å². The predicted octanol–water partition coefficient (Wildman–Crippen LogP) is 0.0750. The fourth-order valence-corrected chi connectivity index (χ4v) is 1.10. The van der Waals surface area contributed by atoms with Crippen LogP contribution in [0, 0.1) is 0 Å². The smallest absolute Gasteiger partial charge is 0.347 e. The molecule has 0 spiro atoms. The number of carbonyl (C=O) groups is 2. The summed E-state index contributed by atoms with van der Waals surface area (Å²) < 4.78 is 35.6. The number of amides is 2. The maximum atomic E-state index is 11.9. The summed E-state index contributed by atoms with van der Waals surface area (Å²) in [5.41, 5.74) is 0. The molecule has 0 radical (unpaired) electrons. The van der Waals surface area contributed by atoms with Crippen molar-refractivity contribution in [1.29, 1.82) is 0 Å². The molecule has 0 unspecified atom stereocenters. The minimum absolute atomic E-state index is 0.129. The number of alkyl halides is 3. The molecule has 8 heteroatoms. The Bertz CT molecular complexity index is 293. The van der Waals surface area contributed by atoms with Crippen LogP contribution in [-0.2, 0) is 9.59 Å². The SMILES string of the molecule is CCN(CC(=O)N(C)C)C(=O)CNCC(F)(F)F. The first-order chi connectivity index (χ1) is 8.17. The highest BCUT2D eigenvalue weighted by Gasteiger charge is 2.27. The standard InChI is InChI=1S/C10H18F3N3O2/c1-4-16(6-9(18)15(2)3)8(17)5-14-7-10(11,12)13/h14H,4-7H2,1-3H3. The van der Waals surface area contributed by atoms with Crippen LogP contribution in [0.2, 0.25) is 0 Å². The lowest BCUT2D eigenvalue weighted by Gasteiger charge is -2.22. The van der Waals surface area contributed by atoms with E-state index < -0.39 is 25.2 Å². The van der Waals surface area contributed by atoms with Crippen LogP contribution in [-0.4, -0.2) is 68.1 Å². The summed E-state index contributed by atoms with van der Waals surface area (Å²) in [7, 11) is 3.09. The summed E-state index contributed by atoms with van der Waals surface area (Å²) in [6.07, 6.45) is -4.35. The molecular formula is C10H18F3N3O2. The number of likely N-dealkylation sites (N-methyl/N-ethyl adjacent to an activating group) is 2. The average Bonchev–Trinajstić information content (AvgIpc) is 2.23. The van der Waals surface area contributed by atoms with Gasteiger partial charge in [0.25, 0.3) is 0 Å². The largest absolute Gasteiger partial charge is 0.401 e. The highest BCUT2D eigenvalue weighted by atomic mass is 19.4. The molecule has 0 atom stereocenters. The summed E-state index contributed by atoms with van der Waals surface area (Å²) >= 11 is 0. The molecule has 0 aliphatic carbocycles. The van der Waals surface area contributed by atoms with Gasteiger partial charge >= 0.3 is 6.18 Å². The third-order valence-electron chi connectivity index (χ3n) is 2.16. The fraction of sp³-hybridized carbons (Fsp3) is 0.800. The maximum Gasteiger partial charge on any atom is 0.401 e. The van der Waals surface area contributed by atoms with E-state index >= 15 is 0 Å². The van der Waals surface area contributed by atoms with Gasteiger partial charge in [-0.2, -0.15) is 13.2 Å². The van der Waals surface area contributed by atoms with Gasteiger partial charge < -0.3 is 15.1 Å². The minimum Gasteiger partial charge on any atom is -0.347 e. The monoisotopic (exact) mass is 269 g/mol. The molecule has 0 fully saturated rings. The molecule has 0 bridgehead atoms. The first-order valence-electron chi connectivity index (χ1n) is 5.42. The van der Waals surface area contributed by atoms with Crippen molar-refractivity contribution in [3.63, 3.8) is 0 Å². The highest BCUT2D eigenvalue weighted by Crippen LogP contribution is 2.11. The molecule has 1 N–H and O–H groups in total. The molecule has 0 aliphatic rings. The van der Waals surface area contributed by atoms with Crippen molar-refractivity contribution >= 4 is 11.8 Å². The third kappa shape index (κ3) is 7.10. The number of halogens is 3. The summed E-state index contributed by atoms with van der Waals surface area (Å²) in [4.78, 5) is 25.4. The lowest BCUT2D eigenvalue weighted by atomic mass is 10.4. The molecule has 0 aromatic rings. The molecule has 0 saturated heterocycles. The van der Waals surface area contributed by atoms with Gasteiger partial charge in [0.2, 0.25) is 11.8 Å². The fourth-order valence-electron chi connectivity index (χ4n) is 1.10. The molecule has 0 rings (SSSR count). The van der Waals surface area contributed by atoms with Gasteiger partial charge in [-0.15, -0.1) is 0 Å². The molecule has 0 heterocycles. The topological polar surface area (TPSA) is 52.7 Å². The lowest BCUT2D eigenvalue weighted by molar-refractivity contribution is -0.140. The summed E-state index contributed by atoms with van der Waals surface area (Å²) in [6, 6.07) is 0. The number of hydrogen-bond donors (Lipinski definition) is 1. The molecule has 0 saturated carbocycles. The maximum absolute atomic E-state index is 11.9. The Morgan fingerprint density at radius 1 is 1.17 bits per heavy atom. The van der Waals surface area contributed by atoms with E-state index in [4.69, 9.17) is 0 Å². The Labute approximate surface area is 104 Å². The Morgan fingerprint density at radius 3 is 2.11 bits per heavy atom. The molecular weight excluding hydrogens is 251 g/mol. The van der Waals surface area contributed by atoms with Gasteiger partial charge in [-0.1, -0.05) is 0 Å². The van der Waals surface area contributed by atoms with Crippen molar-refractivity contribution in [3.8, 4) is 0 Å². The molecule has 18 heavy (non-hydrogen) atoms. The highest BCUT2D eigenvalue weighted by molar-refractivity contribution is 5.85. The van der Waals surface area contributed by atoms with E-state index in [1.807, 2.05) is 5.32 Å². The van der Waals surface area contributed by atoms with Crippen LogP contribution < -0.4 is 5.32 Å². The number of nitrogens with one attached hydrogen (secondary N) is 1. The van der Waals surface area contributed by atoms with Crippen LogP contribution in [0.1, 0.15) is 6.92 Å². The van der Waals surface area contributed by atoms with Gasteiger partial charge in [0.05, 0.1) is 19.6 Å². The second kappa shape index (κ2) is 7.20. The van der Waals surface area contributed by atoms with Crippen molar-refractivity contribution in [2.75, 3.05) is 40.3 Å². The summed E-state index contributed by atoms with van der Waals surface area (Å²) in [5, 5.41) is 2.00. The first-order valence-corrected chi connectivity index (χ1v) is 5.42. The quantitative estimate of drug-likeness (QED) is 0.742. The lowest BCUT2D eigenvalue weighted by Crippen LogP contribution is -2.45. The van der Waals surface area contributed by atoms with Gasteiger partial charge in [-0.05, 0) is 6.92 Å². The molecule has 0 aromatic heterocycles. The second-order valence-corrected chi connectivity index (χ2v) is 3.91. The van der Waals surface area contributed by atoms with Crippen molar-refractivity contribution in [3.05, 3.63) is 0 Å². The van der Waals surface area contributed by atoms with Gasteiger partial charge in [0.15, 0.2) is 0 Å². The Hall–Kier alpha value is -1.31. The van der Waals surface area contributed by atoms with Crippen LogP contribution in [0.4, 0.5) is 13.2 Å². The Kier molecular flexibility index (Phi) is 6.67. The van der Waals surface area contributed by atoms with E-state index in [9.17, 15) is 22.8 Å². The van der Waals surface area contributed by atoms with Crippen LogP contribution in [0.5, 0.6) is 0 Å². The molecule has 106 valence electrons. The first kappa shape index (κ1) is 16.7.